The Kier molecular flexibility index (Phi) is 3.77. The number of anilines is 2. The topological polar surface area (TPSA) is 6.48 Å². The zero-order valence-electron chi connectivity index (χ0n) is 17.7. The van der Waals surface area contributed by atoms with Gasteiger partial charge < -0.3 is 9.80 Å². The van der Waals surface area contributed by atoms with Crippen LogP contribution in [-0.4, -0.2) is 6.17 Å². The fourth-order valence-corrected chi connectivity index (χ4v) is 5.59. The molecular weight excluding hydrogens is 328 g/mol. The van der Waals surface area contributed by atoms with Crippen molar-refractivity contribution in [2.24, 2.45) is 5.92 Å². The minimum Gasteiger partial charge on any atom is -0.322 e. The molecule has 2 aromatic carbocycles. The van der Waals surface area contributed by atoms with Gasteiger partial charge in [0.2, 0.25) is 0 Å². The average molecular weight is 360 g/mol. The van der Waals surface area contributed by atoms with Crippen LogP contribution in [0.1, 0.15) is 64.3 Å². The van der Waals surface area contributed by atoms with Crippen LogP contribution in [0.5, 0.6) is 0 Å². The van der Waals surface area contributed by atoms with E-state index >= 15 is 0 Å². The molecule has 1 aliphatic carbocycles. The van der Waals surface area contributed by atoms with Crippen LogP contribution in [0.3, 0.4) is 0 Å². The Morgan fingerprint density at radius 1 is 0.852 bits per heavy atom. The Balaban J connectivity index is 1.72. The summed E-state index contributed by atoms with van der Waals surface area (Å²) in [5, 5.41) is 0. The molecule has 0 radical (unpaired) electrons. The van der Waals surface area contributed by atoms with E-state index in [1.165, 1.54) is 60.4 Å². The monoisotopic (exact) mass is 359 g/mol. The Morgan fingerprint density at radius 3 is 2.26 bits per heavy atom. The van der Waals surface area contributed by atoms with Crippen molar-refractivity contribution in [2.45, 2.75) is 64.9 Å². The van der Waals surface area contributed by atoms with E-state index in [0.29, 0.717) is 5.92 Å². The lowest BCUT2D eigenvalue weighted by Gasteiger charge is -2.41. The smallest absolute Gasteiger partial charge is 0.113 e. The minimum atomic E-state index is -0.703. The van der Waals surface area contributed by atoms with E-state index in [0.717, 1.165) is 5.56 Å². The number of benzene rings is 2. The maximum atomic E-state index is 9.31. The number of nitrogens with zero attached hydrogens (tertiary/aromatic N) is 2. The molecule has 2 aromatic rings. The molecule has 140 valence electrons. The van der Waals surface area contributed by atoms with Gasteiger partial charge in [0.25, 0.3) is 0 Å². The van der Waals surface area contributed by atoms with Crippen molar-refractivity contribution in [1.82, 2.24) is 0 Å². The van der Waals surface area contributed by atoms with Crippen molar-refractivity contribution in [2.75, 3.05) is 9.80 Å². The van der Waals surface area contributed by atoms with Crippen LogP contribution in [0.25, 0.3) is 0 Å². The molecule has 0 bridgehead atoms. The van der Waals surface area contributed by atoms with E-state index in [1.807, 2.05) is 0 Å². The van der Waals surface area contributed by atoms with Crippen LogP contribution in [0.15, 0.2) is 59.9 Å². The lowest BCUT2D eigenvalue weighted by molar-refractivity contribution is 0.306. The third-order valence-electron chi connectivity index (χ3n) is 6.84. The summed E-state index contributed by atoms with van der Waals surface area (Å²) in [6.07, 6.45) is 6.85. The Bertz CT molecular complexity index is 939. The zero-order valence-corrected chi connectivity index (χ0v) is 16.7. The molecule has 0 aromatic heterocycles. The normalized spacial score (nSPS) is 28.4. The summed E-state index contributed by atoms with van der Waals surface area (Å²) in [5.41, 5.74) is 7.41. The number of aryl methyl sites for hydroxylation is 1. The molecule has 2 aliphatic heterocycles. The molecule has 2 nitrogen and oxygen atoms in total. The first-order chi connectivity index (χ1) is 13.5. The fourth-order valence-electron chi connectivity index (χ4n) is 5.59. The Hall–Kier alpha value is -2.22. The predicted octanol–water partition coefficient (Wildman–Crippen LogP) is 6.58. The summed E-state index contributed by atoms with van der Waals surface area (Å²) in [4.78, 5) is 5.09. The first kappa shape index (κ1) is 15.8. The molecule has 0 N–H and O–H groups in total. The maximum Gasteiger partial charge on any atom is 0.113 e. The van der Waals surface area contributed by atoms with Gasteiger partial charge in [-0.15, -0.1) is 0 Å². The van der Waals surface area contributed by atoms with Gasteiger partial charge in [0, 0.05) is 30.0 Å². The first-order valence-corrected chi connectivity index (χ1v) is 10.5. The third kappa shape index (κ3) is 2.46. The Morgan fingerprint density at radius 2 is 1.52 bits per heavy atom. The summed E-state index contributed by atoms with van der Waals surface area (Å²) in [7, 11) is 0. The molecule has 1 fully saturated rings. The molecule has 1 saturated carbocycles. The number of fused-ring (bicyclic) bond motifs is 3. The van der Waals surface area contributed by atoms with Crippen molar-refractivity contribution in [3.05, 3.63) is 71.1 Å². The number of para-hydroxylation sites is 2. The summed E-state index contributed by atoms with van der Waals surface area (Å²) in [6.45, 7) is 6.52. The van der Waals surface area contributed by atoms with Crippen LogP contribution < -0.4 is 9.80 Å². The second-order valence-electron chi connectivity index (χ2n) is 8.41. The molecule has 0 saturated heterocycles. The quantitative estimate of drug-likeness (QED) is 0.598. The highest BCUT2D eigenvalue weighted by Crippen LogP contribution is 2.54. The number of hydrogen-bond acceptors (Lipinski definition) is 2. The van der Waals surface area contributed by atoms with Gasteiger partial charge >= 0.3 is 0 Å². The third-order valence-corrected chi connectivity index (χ3v) is 6.84. The van der Waals surface area contributed by atoms with Crippen LogP contribution in [0.4, 0.5) is 11.4 Å². The van der Waals surface area contributed by atoms with Crippen LogP contribution in [0, 0.1) is 12.8 Å². The summed E-state index contributed by atoms with van der Waals surface area (Å²) in [5.74, 6) is -0.0758. The SMILES string of the molecule is [2H]C1(C)C2=C(C)N(c3ccccc3C)C(C3CCCCC3)N2c2ccccc21. The summed E-state index contributed by atoms with van der Waals surface area (Å²) < 4.78 is 9.31. The average Bonchev–Trinajstić information content (AvgIpc) is 3.14. The summed E-state index contributed by atoms with van der Waals surface area (Å²) >= 11 is 0. The van der Waals surface area contributed by atoms with Gasteiger partial charge in [0.1, 0.15) is 6.17 Å². The van der Waals surface area contributed by atoms with Gasteiger partial charge in [-0.3, -0.25) is 0 Å². The molecule has 27 heavy (non-hydrogen) atoms. The lowest BCUT2D eigenvalue weighted by atomic mass is 9.85. The second kappa shape index (κ2) is 6.44. The standard InChI is InChI=1S/C25H30N2/c1-17-11-7-9-15-22(17)26-19(3)24-18(2)21-14-8-10-16-23(21)27(24)25(26)20-12-5-4-6-13-20/h7-11,14-16,18,20,25H,4-6,12-13H2,1-3H3/i18D. The van der Waals surface area contributed by atoms with Gasteiger partial charge in [0.15, 0.2) is 0 Å². The molecular formula is C25H30N2. The first-order valence-electron chi connectivity index (χ1n) is 11.0. The van der Waals surface area contributed by atoms with Crippen LogP contribution in [-0.2, 0) is 0 Å². The van der Waals surface area contributed by atoms with E-state index < -0.39 is 5.89 Å². The molecule has 5 rings (SSSR count). The van der Waals surface area contributed by atoms with Crippen molar-refractivity contribution in [1.29, 1.82) is 0 Å². The molecule has 0 spiro atoms. The number of hydrogen-bond donors (Lipinski definition) is 0. The van der Waals surface area contributed by atoms with Crippen molar-refractivity contribution in [3.63, 3.8) is 0 Å². The molecule has 2 heterocycles. The highest BCUT2D eigenvalue weighted by molar-refractivity contribution is 5.76. The van der Waals surface area contributed by atoms with Crippen molar-refractivity contribution >= 4 is 11.4 Å². The van der Waals surface area contributed by atoms with Gasteiger partial charge in [-0.05, 0) is 55.9 Å². The molecule has 0 amide bonds. The second-order valence-corrected chi connectivity index (χ2v) is 8.41. The molecule has 3 aliphatic rings. The Labute approximate surface area is 164 Å². The molecule has 2 heteroatoms. The maximum absolute atomic E-state index is 9.31. The van der Waals surface area contributed by atoms with Gasteiger partial charge in [-0.1, -0.05) is 62.6 Å². The highest BCUT2D eigenvalue weighted by Gasteiger charge is 2.48. The number of allylic oxidation sites excluding steroid dienone is 2. The van der Waals surface area contributed by atoms with Gasteiger partial charge in [-0.2, -0.15) is 0 Å². The highest BCUT2D eigenvalue weighted by atomic mass is 15.4. The molecule has 2 unspecified atom stereocenters. The fraction of sp³-hybridized carbons (Fsp3) is 0.440. The van der Waals surface area contributed by atoms with Crippen LogP contribution >= 0.6 is 0 Å². The van der Waals surface area contributed by atoms with E-state index in [9.17, 15) is 1.37 Å². The van der Waals surface area contributed by atoms with E-state index in [4.69, 9.17) is 0 Å². The largest absolute Gasteiger partial charge is 0.322 e. The number of rotatable bonds is 2. The van der Waals surface area contributed by atoms with Crippen molar-refractivity contribution < 1.29 is 1.37 Å². The van der Waals surface area contributed by atoms with Gasteiger partial charge in [0.05, 0.1) is 0 Å². The predicted molar refractivity (Wildman–Crippen MR) is 114 cm³/mol. The van der Waals surface area contributed by atoms with Crippen molar-refractivity contribution in [3.8, 4) is 0 Å². The van der Waals surface area contributed by atoms with Gasteiger partial charge in [-0.25, -0.2) is 0 Å². The minimum absolute atomic E-state index is 0.282. The lowest BCUT2D eigenvalue weighted by Crippen LogP contribution is -2.46. The zero-order chi connectivity index (χ0) is 19.5. The summed E-state index contributed by atoms with van der Waals surface area (Å²) in [6, 6.07) is 17.3. The molecule has 2 atom stereocenters. The van der Waals surface area contributed by atoms with Crippen LogP contribution in [0.2, 0.25) is 0 Å². The van der Waals surface area contributed by atoms with E-state index in [1.54, 1.807) is 0 Å². The van der Waals surface area contributed by atoms with E-state index in [-0.39, 0.29) is 6.17 Å². The van der Waals surface area contributed by atoms with E-state index in [2.05, 4.69) is 79.1 Å².